The Morgan fingerprint density at radius 1 is 1.17 bits per heavy atom. The fourth-order valence-corrected chi connectivity index (χ4v) is 6.23. The van der Waals surface area contributed by atoms with Crippen molar-refractivity contribution in [1.82, 2.24) is 5.32 Å². The van der Waals surface area contributed by atoms with Gasteiger partial charge < -0.3 is 10.1 Å². The highest BCUT2D eigenvalue weighted by molar-refractivity contribution is 5.83. The molecule has 0 radical (unpaired) electrons. The summed E-state index contributed by atoms with van der Waals surface area (Å²) in [4.78, 5) is 13.0. The molecule has 3 nitrogen and oxygen atoms in total. The number of benzene rings is 1. The Kier molecular flexibility index (Phi) is 3.95. The van der Waals surface area contributed by atoms with E-state index < -0.39 is 0 Å². The molecule has 1 amide bonds. The first-order valence-corrected chi connectivity index (χ1v) is 9.40. The van der Waals surface area contributed by atoms with Crippen molar-refractivity contribution in [2.75, 3.05) is 20.3 Å². The highest BCUT2D eigenvalue weighted by Gasteiger charge is 2.60. The number of carbonyl (C=O) groups is 1. The van der Waals surface area contributed by atoms with Crippen LogP contribution in [0.3, 0.4) is 0 Å². The molecule has 4 saturated carbocycles. The van der Waals surface area contributed by atoms with Crippen LogP contribution in [-0.2, 0) is 14.9 Å². The molecule has 0 spiro atoms. The van der Waals surface area contributed by atoms with Gasteiger partial charge in [0.05, 0.1) is 12.0 Å². The molecule has 0 aliphatic heterocycles. The molecule has 2 unspecified atom stereocenters. The summed E-state index contributed by atoms with van der Waals surface area (Å²) in [5.41, 5.74) is 2.88. The summed E-state index contributed by atoms with van der Waals surface area (Å²) in [5, 5.41) is 3.15. The van der Waals surface area contributed by atoms with Crippen LogP contribution < -0.4 is 5.32 Å². The third kappa shape index (κ3) is 2.57. The van der Waals surface area contributed by atoms with Crippen LogP contribution in [0.4, 0.5) is 0 Å². The van der Waals surface area contributed by atoms with Gasteiger partial charge in [-0.3, -0.25) is 4.79 Å². The van der Waals surface area contributed by atoms with Gasteiger partial charge in [-0.15, -0.1) is 0 Å². The molecule has 4 aliphatic carbocycles. The van der Waals surface area contributed by atoms with Crippen molar-refractivity contribution in [3.8, 4) is 0 Å². The van der Waals surface area contributed by atoms with E-state index in [1.165, 1.54) is 30.4 Å². The second-order valence-corrected chi connectivity index (χ2v) is 8.64. The van der Waals surface area contributed by atoms with E-state index in [-0.39, 0.29) is 16.7 Å². The molecule has 4 fully saturated rings. The molecular weight excluding hydrogens is 298 g/mol. The zero-order chi connectivity index (χ0) is 16.8. The van der Waals surface area contributed by atoms with Crippen molar-refractivity contribution in [2.24, 2.45) is 17.3 Å². The van der Waals surface area contributed by atoms with E-state index in [0.29, 0.717) is 13.2 Å². The van der Waals surface area contributed by atoms with Crippen molar-refractivity contribution in [3.05, 3.63) is 35.4 Å². The second-order valence-electron chi connectivity index (χ2n) is 8.64. The van der Waals surface area contributed by atoms with Crippen LogP contribution in [-0.4, -0.2) is 26.2 Å². The number of hydrogen-bond acceptors (Lipinski definition) is 2. The smallest absolute Gasteiger partial charge is 0.226 e. The highest BCUT2D eigenvalue weighted by atomic mass is 16.5. The third-order valence-electron chi connectivity index (χ3n) is 6.80. The topological polar surface area (TPSA) is 38.3 Å². The van der Waals surface area contributed by atoms with Crippen molar-refractivity contribution in [2.45, 2.75) is 50.9 Å². The normalized spacial score (nSPS) is 36.8. The van der Waals surface area contributed by atoms with Gasteiger partial charge in [0.15, 0.2) is 0 Å². The van der Waals surface area contributed by atoms with Gasteiger partial charge in [0, 0.05) is 13.7 Å². The number of rotatable bonds is 5. The number of methoxy groups -OCH3 is 1. The van der Waals surface area contributed by atoms with Gasteiger partial charge in [-0.2, -0.15) is 0 Å². The Bertz CT molecular complexity index is 607. The van der Waals surface area contributed by atoms with Crippen LogP contribution in [0.1, 0.15) is 49.7 Å². The number of ether oxygens (including phenoxy) is 1. The second kappa shape index (κ2) is 5.87. The maximum absolute atomic E-state index is 13.0. The summed E-state index contributed by atoms with van der Waals surface area (Å²) in [6, 6.07) is 9.11. The van der Waals surface area contributed by atoms with Gasteiger partial charge in [-0.05, 0) is 68.3 Å². The SMILES string of the molecule is COCCNC(=O)C12CC3CC(C1)CC(c1ccc(C)cc1)(C3)C2. The largest absolute Gasteiger partial charge is 0.383 e. The first-order chi connectivity index (χ1) is 11.6. The van der Waals surface area contributed by atoms with E-state index in [4.69, 9.17) is 4.74 Å². The fourth-order valence-electron chi connectivity index (χ4n) is 6.23. The zero-order valence-corrected chi connectivity index (χ0v) is 14.9. The first kappa shape index (κ1) is 16.1. The molecule has 2 atom stereocenters. The molecule has 0 heterocycles. The monoisotopic (exact) mass is 327 g/mol. The summed E-state index contributed by atoms with van der Waals surface area (Å²) in [6.45, 7) is 3.37. The van der Waals surface area contributed by atoms with E-state index in [9.17, 15) is 4.79 Å². The predicted octanol–water partition coefficient (Wildman–Crippen LogP) is 3.60. The molecule has 5 rings (SSSR count). The molecule has 3 heteroatoms. The average molecular weight is 327 g/mol. The number of nitrogens with one attached hydrogen (secondary N) is 1. The van der Waals surface area contributed by atoms with Gasteiger partial charge in [-0.25, -0.2) is 0 Å². The van der Waals surface area contributed by atoms with E-state index in [2.05, 4.69) is 36.5 Å². The Morgan fingerprint density at radius 3 is 2.46 bits per heavy atom. The maximum atomic E-state index is 13.0. The summed E-state index contributed by atoms with van der Waals surface area (Å²) < 4.78 is 5.10. The van der Waals surface area contributed by atoms with Crippen molar-refractivity contribution < 1.29 is 9.53 Å². The minimum atomic E-state index is -0.136. The van der Waals surface area contributed by atoms with Crippen LogP contribution in [0.2, 0.25) is 0 Å². The van der Waals surface area contributed by atoms with Crippen molar-refractivity contribution in [1.29, 1.82) is 0 Å². The first-order valence-electron chi connectivity index (χ1n) is 9.40. The minimum absolute atomic E-state index is 0.136. The van der Waals surface area contributed by atoms with Crippen LogP contribution in [0, 0.1) is 24.2 Å². The summed E-state index contributed by atoms with van der Waals surface area (Å²) in [6.07, 6.45) is 7.11. The molecular formula is C21H29NO2. The molecule has 1 N–H and O–H groups in total. The Balaban J connectivity index is 1.62. The maximum Gasteiger partial charge on any atom is 0.226 e. The molecule has 0 saturated heterocycles. The van der Waals surface area contributed by atoms with Crippen LogP contribution in [0.15, 0.2) is 24.3 Å². The quantitative estimate of drug-likeness (QED) is 0.839. The molecule has 0 aromatic heterocycles. The number of carbonyl (C=O) groups excluding carboxylic acids is 1. The van der Waals surface area contributed by atoms with Gasteiger partial charge in [0.25, 0.3) is 0 Å². The average Bonchev–Trinajstić information content (AvgIpc) is 2.54. The lowest BCUT2D eigenvalue weighted by molar-refractivity contribution is -0.149. The molecule has 4 bridgehead atoms. The lowest BCUT2D eigenvalue weighted by Gasteiger charge is -2.61. The number of hydrogen-bond donors (Lipinski definition) is 1. The van der Waals surface area contributed by atoms with E-state index in [0.717, 1.165) is 31.1 Å². The molecule has 24 heavy (non-hydrogen) atoms. The fraction of sp³-hybridized carbons (Fsp3) is 0.667. The van der Waals surface area contributed by atoms with E-state index in [1.807, 2.05) is 0 Å². The van der Waals surface area contributed by atoms with Gasteiger partial charge in [-0.1, -0.05) is 29.8 Å². The van der Waals surface area contributed by atoms with Gasteiger partial charge >= 0.3 is 0 Å². The molecule has 1 aromatic rings. The highest BCUT2D eigenvalue weighted by Crippen LogP contribution is 2.65. The van der Waals surface area contributed by atoms with Crippen molar-refractivity contribution in [3.63, 3.8) is 0 Å². The third-order valence-corrected chi connectivity index (χ3v) is 6.80. The van der Waals surface area contributed by atoms with Crippen molar-refractivity contribution >= 4 is 5.91 Å². The molecule has 130 valence electrons. The van der Waals surface area contributed by atoms with Gasteiger partial charge in [0.2, 0.25) is 5.91 Å². The van der Waals surface area contributed by atoms with E-state index in [1.54, 1.807) is 7.11 Å². The Labute approximate surface area is 145 Å². The number of amides is 1. The number of aryl methyl sites for hydroxylation is 1. The zero-order valence-electron chi connectivity index (χ0n) is 14.9. The summed E-state index contributed by atoms with van der Waals surface area (Å²) in [5.74, 6) is 1.73. The van der Waals surface area contributed by atoms with E-state index >= 15 is 0 Å². The lowest BCUT2D eigenvalue weighted by atomic mass is 9.42. The van der Waals surface area contributed by atoms with Crippen LogP contribution in [0.25, 0.3) is 0 Å². The van der Waals surface area contributed by atoms with Crippen LogP contribution >= 0.6 is 0 Å². The summed E-state index contributed by atoms with van der Waals surface area (Å²) >= 11 is 0. The standard InChI is InChI=1S/C21H29NO2/c1-15-3-5-18(6-4-15)20-10-16-9-17(11-20)13-21(12-16,14-20)19(23)22-7-8-24-2/h3-6,16-17H,7-14H2,1-2H3,(H,22,23). The molecule has 4 aliphatic rings. The predicted molar refractivity (Wildman–Crippen MR) is 94.9 cm³/mol. The van der Waals surface area contributed by atoms with Crippen LogP contribution in [0.5, 0.6) is 0 Å². The lowest BCUT2D eigenvalue weighted by Crippen LogP contribution is -2.59. The van der Waals surface area contributed by atoms with Gasteiger partial charge in [0.1, 0.15) is 0 Å². The summed E-state index contributed by atoms with van der Waals surface area (Å²) in [7, 11) is 1.68. The Morgan fingerprint density at radius 2 is 1.83 bits per heavy atom. The Hall–Kier alpha value is -1.35. The molecule has 1 aromatic carbocycles. The minimum Gasteiger partial charge on any atom is -0.383 e.